The third-order valence-corrected chi connectivity index (χ3v) is 3.77. The Labute approximate surface area is 133 Å². The van der Waals surface area contributed by atoms with Crippen LogP contribution >= 0.6 is 23.2 Å². The Morgan fingerprint density at radius 1 is 1.14 bits per heavy atom. The fourth-order valence-corrected chi connectivity index (χ4v) is 2.77. The van der Waals surface area contributed by atoms with Crippen LogP contribution in [0.5, 0.6) is 5.75 Å². The molecule has 5 heteroatoms. The van der Waals surface area contributed by atoms with E-state index in [1.54, 1.807) is 0 Å². The summed E-state index contributed by atoms with van der Waals surface area (Å²) < 4.78 is 18.9. The van der Waals surface area contributed by atoms with Crippen LogP contribution in [0.3, 0.4) is 0 Å². The van der Waals surface area contributed by atoms with Crippen molar-refractivity contribution in [3.8, 4) is 5.75 Å². The molecule has 2 rings (SSSR count). The first-order valence-electron chi connectivity index (χ1n) is 6.65. The SMILES string of the molecule is CCOc1ccc(NC(C)c2c(Cl)ccc(F)c2Cl)cc1. The molecule has 112 valence electrons. The molecule has 2 aromatic rings. The Kier molecular flexibility index (Phi) is 5.32. The van der Waals surface area contributed by atoms with Gasteiger partial charge < -0.3 is 10.1 Å². The van der Waals surface area contributed by atoms with Crippen LogP contribution in [0.15, 0.2) is 36.4 Å². The van der Waals surface area contributed by atoms with E-state index in [0.717, 1.165) is 11.4 Å². The Morgan fingerprint density at radius 3 is 2.43 bits per heavy atom. The summed E-state index contributed by atoms with van der Waals surface area (Å²) in [5.41, 5.74) is 1.43. The van der Waals surface area contributed by atoms with Crippen LogP contribution < -0.4 is 10.1 Å². The van der Waals surface area contributed by atoms with Gasteiger partial charge in [-0.1, -0.05) is 23.2 Å². The van der Waals surface area contributed by atoms with E-state index in [1.807, 2.05) is 38.1 Å². The lowest BCUT2D eigenvalue weighted by Crippen LogP contribution is -2.08. The van der Waals surface area contributed by atoms with Crippen molar-refractivity contribution in [3.63, 3.8) is 0 Å². The second kappa shape index (κ2) is 7.01. The summed E-state index contributed by atoms with van der Waals surface area (Å²) >= 11 is 12.1. The largest absolute Gasteiger partial charge is 0.494 e. The van der Waals surface area contributed by atoms with Gasteiger partial charge >= 0.3 is 0 Å². The maximum atomic E-state index is 13.6. The zero-order chi connectivity index (χ0) is 15.4. The smallest absolute Gasteiger partial charge is 0.142 e. The minimum absolute atomic E-state index is 0.0495. The molecule has 21 heavy (non-hydrogen) atoms. The minimum Gasteiger partial charge on any atom is -0.494 e. The van der Waals surface area contributed by atoms with E-state index < -0.39 is 5.82 Å². The molecule has 0 saturated heterocycles. The van der Waals surface area contributed by atoms with E-state index in [4.69, 9.17) is 27.9 Å². The molecule has 0 heterocycles. The summed E-state index contributed by atoms with van der Waals surface area (Å²) in [5, 5.41) is 3.73. The van der Waals surface area contributed by atoms with Gasteiger partial charge in [0.15, 0.2) is 0 Å². The Bertz CT molecular complexity index is 616. The van der Waals surface area contributed by atoms with Crippen molar-refractivity contribution in [2.24, 2.45) is 0 Å². The predicted molar refractivity (Wildman–Crippen MR) is 86.1 cm³/mol. The summed E-state index contributed by atoms with van der Waals surface area (Å²) in [6, 6.07) is 10.1. The highest BCUT2D eigenvalue weighted by Gasteiger charge is 2.17. The molecule has 1 N–H and O–H groups in total. The van der Waals surface area contributed by atoms with Crippen LogP contribution in [0.25, 0.3) is 0 Å². The molecule has 0 amide bonds. The number of rotatable bonds is 5. The van der Waals surface area contributed by atoms with Gasteiger partial charge in [0.25, 0.3) is 0 Å². The van der Waals surface area contributed by atoms with Crippen molar-refractivity contribution in [2.45, 2.75) is 19.9 Å². The molecule has 0 radical (unpaired) electrons. The third kappa shape index (κ3) is 3.80. The van der Waals surface area contributed by atoms with Crippen molar-refractivity contribution < 1.29 is 9.13 Å². The van der Waals surface area contributed by atoms with Crippen LogP contribution in [-0.2, 0) is 0 Å². The van der Waals surface area contributed by atoms with E-state index in [0.29, 0.717) is 17.2 Å². The first kappa shape index (κ1) is 15.9. The molecule has 0 bridgehead atoms. The van der Waals surface area contributed by atoms with Gasteiger partial charge in [-0.15, -0.1) is 0 Å². The average molecular weight is 328 g/mol. The van der Waals surface area contributed by atoms with Crippen molar-refractivity contribution in [3.05, 3.63) is 57.8 Å². The van der Waals surface area contributed by atoms with Crippen molar-refractivity contribution in [1.29, 1.82) is 0 Å². The number of benzene rings is 2. The Hall–Kier alpha value is -1.45. The normalized spacial score (nSPS) is 12.0. The lowest BCUT2D eigenvalue weighted by atomic mass is 10.1. The highest BCUT2D eigenvalue weighted by Crippen LogP contribution is 2.34. The first-order chi connectivity index (χ1) is 10.0. The summed E-state index contributed by atoms with van der Waals surface area (Å²) in [6.45, 7) is 4.43. The van der Waals surface area contributed by atoms with Gasteiger partial charge in [0, 0.05) is 16.3 Å². The summed E-state index contributed by atoms with van der Waals surface area (Å²) in [5.74, 6) is 0.328. The monoisotopic (exact) mass is 327 g/mol. The lowest BCUT2D eigenvalue weighted by molar-refractivity contribution is 0.340. The van der Waals surface area contributed by atoms with Gasteiger partial charge in [-0.05, 0) is 50.2 Å². The van der Waals surface area contributed by atoms with E-state index in [1.165, 1.54) is 12.1 Å². The van der Waals surface area contributed by atoms with Gasteiger partial charge in [-0.2, -0.15) is 0 Å². The molecule has 0 fully saturated rings. The number of nitrogens with one attached hydrogen (secondary N) is 1. The van der Waals surface area contributed by atoms with Crippen molar-refractivity contribution in [2.75, 3.05) is 11.9 Å². The zero-order valence-electron chi connectivity index (χ0n) is 11.8. The summed E-state index contributed by atoms with van der Waals surface area (Å²) in [7, 11) is 0. The van der Waals surface area contributed by atoms with Gasteiger partial charge in [0.2, 0.25) is 0 Å². The number of halogens is 3. The van der Waals surface area contributed by atoms with Crippen LogP contribution in [0.4, 0.5) is 10.1 Å². The molecule has 1 atom stereocenters. The topological polar surface area (TPSA) is 21.3 Å². The molecular formula is C16H16Cl2FNO. The molecular weight excluding hydrogens is 312 g/mol. The first-order valence-corrected chi connectivity index (χ1v) is 7.41. The molecule has 0 spiro atoms. The standard InChI is InChI=1S/C16H16Cl2FNO/c1-3-21-12-6-4-11(5-7-12)20-10(2)15-13(17)8-9-14(19)16(15)18/h4-10,20H,3H2,1-2H3. The van der Waals surface area contributed by atoms with Crippen LogP contribution in [0, 0.1) is 5.82 Å². The van der Waals surface area contributed by atoms with Gasteiger partial charge in [0.05, 0.1) is 17.7 Å². The molecule has 0 saturated carbocycles. The molecule has 2 nitrogen and oxygen atoms in total. The number of hydrogen-bond acceptors (Lipinski definition) is 2. The number of ether oxygens (including phenoxy) is 1. The van der Waals surface area contributed by atoms with E-state index in [-0.39, 0.29) is 11.1 Å². The van der Waals surface area contributed by atoms with Crippen LogP contribution in [-0.4, -0.2) is 6.61 Å². The molecule has 0 aromatic heterocycles. The maximum Gasteiger partial charge on any atom is 0.142 e. The fourth-order valence-electron chi connectivity index (χ4n) is 2.08. The molecule has 1 unspecified atom stereocenters. The van der Waals surface area contributed by atoms with Gasteiger partial charge in [-0.25, -0.2) is 4.39 Å². The number of anilines is 1. The van der Waals surface area contributed by atoms with E-state index >= 15 is 0 Å². The molecule has 0 aliphatic heterocycles. The third-order valence-electron chi connectivity index (χ3n) is 3.06. The van der Waals surface area contributed by atoms with Crippen LogP contribution in [0.2, 0.25) is 10.0 Å². The molecule has 2 aromatic carbocycles. The Morgan fingerprint density at radius 2 is 1.81 bits per heavy atom. The summed E-state index contributed by atoms with van der Waals surface area (Å²) in [6.07, 6.45) is 0. The second-order valence-electron chi connectivity index (χ2n) is 4.58. The minimum atomic E-state index is -0.476. The highest BCUT2D eigenvalue weighted by molar-refractivity contribution is 6.36. The van der Waals surface area contributed by atoms with E-state index in [9.17, 15) is 4.39 Å². The predicted octanol–water partition coefficient (Wildman–Crippen LogP) is 5.70. The van der Waals surface area contributed by atoms with Crippen molar-refractivity contribution >= 4 is 28.9 Å². The number of hydrogen-bond donors (Lipinski definition) is 1. The summed E-state index contributed by atoms with van der Waals surface area (Å²) in [4.78, 5) is 0. The van der Waals surface area contributed by atoms with Crippen molar-refractivity contribution in [1.82, 2.24) is 0 Å². The maximum absolute atomic E-state index is 13.6. The van der Waals surface area contributed by atoms with Crippen LogP contribution in [0.1, 0.15) is 25.5 Å². The average Bonchev–Trinajstić information content (AvgIpc) is 2.46. The molecule has 0 aliphatic rings. The second-order valence-corrected chi connectivity index (χ2v) is 5.37. The lowest BCUT2D eigenvalue weighted by Gasteiger charge is -2.19. The highest BCUT2D eigenvalue weighted by atomic mass is 35.5. The van der Waals surface area contributed by atoms with Gasteiger partial charge in [-0.3, -0.25) is 0 Å². The fraction of sp³-hybridized carbons (Fsp3) is 0.250. The zero-order valence-corrected chi connectivity index (χ0v) is 13.3. The molecule has 0 aliphatic carbocycles. The quantitative estimate of drug-likeness (QED) is 0.710. The van der Waals surface area contributed by atoms with E-state index in [2.05, 4.69) is 5.32 Å². The Balaban J connectivity index is 2.18. The van der Waals surface area contributed by atoms with Gasteiger partial charge in [0.1, 0.15) is 11.6 Å².